The number of hydrogen-bond acceptors (Lipinski definition) is 0. The lowest BCUT2D eigenvalue weighted by Crippen LogP contribution is -2.19. The fraction of sp³-hybridized carbons (Fsp3) is 0.184. The van der Waals surface area contributed by atoms with Crippen molar-refractivity contribution in [2.24, 2.45) is 0 Å². The number of allylic oxidation sites excluding steroid dienone is 10. The first-order chi connectivity index (χ1) is 48.6. The Labute approximate surface area is 584 Å². The summed E-state index contributed by atoms with van der Waals surface area (Å²) in [5, 5.41) is 2.77. The zero-order valence-electron chi connectivity index (χ0n) is 57.1. The van der Waals surface area contributed by atoms with E-state index in [1.807, 2.05) is 0 Å². The molecule has 0 bridgehead atoms. The van der Waals surface area contributed by atoms with Crippen molar-refractivity contribution in [1.82, 2.24) is 0 Å². The Bertz CT molecular complexity index is 4480. The molecule has 10 aliphatic rings. The highest BCUT2D eigenvalue weighted by molar-refractivity contribution is 5.77. The van der Waals surface area contributed by atoms with Gasteiger partial charge in [0.15, 0.2) is 0 Å². The van der Waals surface area contributed by atoms with Gasteiger partial charge >= 0.3 is 0 Å². The minimum Gasteiger partial charge on any atom is -0.0808 e. The normalized spacial score (nSPS) is 14.7. The second kappa shape index (κ2) is 34.5. The van der Waals surface area contributed by atoms with Gasteiger partial charge in [0.05, 0.1) is 0 Å². The summed E-state index contributed by atoms with van der Waals surface area (Å²) in [5.74, 6) is 0. The summed E-state index contributed by atoms with van der Waals surface area (Å²) in [6.45, 7) is 0. The maximum absolute atomic E-state index is 2.27. The molecule has 11 aromatic carbocycles. The summed E-state index contributed by atoms with van der Waals surface area (Å²) in [6.07, 6.45) is 48.0. The van der Waals surface area contributed by atoms with E-state index in [-0.39, 0.29) is 0 Å². The first kappa shape index (κ1) is 66.2. The molecule has 0 fully saturated rings. The molecule has 21 rings (SSSR count). The molecule has 0 heteroatoms. The van der Waals surface area contributed by atoms with E-state index in [4.69, 9.17) is 0 Å². The van der Waals surface area contributed by atoms with Crippen LogP contribution in [0.1, 0.15) is 145 Å². The summed E-state index contributed by atoms with van der Waals surface area (Å²) in [4.78, 5) is 0. The van der Waals surface area contributed by atoms with E-state index in [0.29, 0.717) is 0 Å². The van der Waals surface area contributed by atoms with Gasteiger partial charge in [-0.1, -0.05) is 345 Å². The van der Waals surface area contributed by atoms with Crippen LogP contribution in [0.4, 0.5) is 0 Å². The highest BCUT2D eigenvalue weighted by Crippen LogP contribution is 2.36. The summed E-state index contributed by atoms with van der Waals surface area (Å²) in [6, 6.07) is 95.6. The van der Waals surface area contributed by atoms with E-state index in [2.05, 4.69) is 340 Å². The largest absolute Gasteiger partial charge is 0.0808 e. The third kappa shape index (κ3) is 18.0. The highest BCUT2D eigenvalue weighted by Gasteiger charge is 2.18. The number of hydrogen-bond donors (Lipinski definition) is 0. The monoisotopic (exact) mass is 1270 g/mol. The topological polar surface area (TPSA) is 0 Å². The van der Waals surface area contributed by atoms with Gasteiger partial charge in [0.2, 0.25) is 0 Å². The first-order valence-corrected chi connectivity index (χ1v) is 36.1. The van der Waals surface area contributed by atoms with Gasteiger partial charge in [0, 0.05) is 0 Å². The zero-order valence-corrected chi connectivity index (χ0v) is 57.1. The lowest BCUT2D eigenvalue weighted by Gasteiger charge is -2.18. The van der Waals surface area contributed by atoms with Gasteiger partial charge in [-0.25, -0.2) is 0 Å². The van der Waals surface area contributed by atoms with Crippen LogP contribution in [0.15, 0.2) is 327 Å². The van der Waals surface area contributed by atoms with E-state index in [1.165, 1.54) is 176 Å². The van der Waals surface area contributed by atoms with E-state index in [9.17, 15) is 0 Å². The molecule has 0 aliphatic heterocycles. The number of rotatable bonds is 0. The van der Waals surface area contributed by atoms with Crippen molar-refractivity contribution < 1.29 is 0 Å². The number of fused-ring (bicyclic) bond motifs is 12. The fourth-order valence-electron chi connectivity index (χ4n) is 14.9. The molecule has 484 valence electrons. The molecule has 0 unspecified atom stereocenters. The van der Waals surface area contributed by atoms with Crippen molar-refractivity contribution in [3.63, 3.8) is 0 Å². The van der Waals surface area contributed by atoms with Crippen LogP contribution in [0.5, 0.6) is 0 Å². The van der Waals surface area contributed by atoms with Gasteiger partial charge in [0.1, 0.15) is 0 Å². The molecule has 11 aromatic rings. The fourth-order valence-corrected chi connectivity index (χ4v) is 14.9. The predicted molar refractivity (Wildman–Crippen MR) is 419 cm³/mol. The molecule has 0 nitrogen and oxygen atoms in total. The SMILES string of the molecule is C1=CC2=C(C1)CC=C2.C1=CCC=C1.C1=Cc2ccccc2Cc2ccccc21.C1=c2ccccc2=CC1.c1ccc2c(c1)CCC2.c1ccc2c(c1)CCCC2.c1ccc2c(c1)CCc1ccccc1C2.c1ccc2c(c1)Cc1ccccc1-2.c1ccc2c(c1)Cc1ccccc1C2. The maximum Gasteiger partial charge on any atom is -0.00135 e. The summed E-state index contributed by atoms with van der Waals surface area (Å²) < 4.78 is 0. The van der Waals surface area contributed by atoms with E-state index < -0.39 is 0 Å². The van der Waals surface area contributed by atoms with Gasteiger partial charge in [-0.3, -0.25) is 0 Å². The van der Waals surface area contributed by atoms with Crippen LogP contribution in [-0.2, 0) is 70.6 Å². The minimum atomic E-state index is 1.04. The Morgan fingerprint density at radius 3 is 0.857 bits per heavy atom. The van der Waals surface area contributed by atoms with Crippen molar-refractivity contribution in [3.05, 3.63) is 437 Å². The van der Waals surface area contributed by atoms with Crippen LogP contribution in [0.3, 0.4) is 0 Å². The zero-order chi connectivity index (χ0) is 66.2. The van der Waals surface area contributed by atoms with Crippen LogP contribution in [0.25, 0.3) is 35.4 Å². The average molecular weight is 1270 g/mol. The third-order valence-electron chi connectivity index (χ3n) is 20.2. The van der Waals surface area contributed by atoms with Crippen LogP contribution in [0, 0.1) is 0 Å². The second-order valence-corrected chi connectivity index (χ2v) is 26.7. The molecule has 0 spiro atoms. The Balaban J connectivity index is 0.000000101. The van der Waals surface area contributed by atoms with Gasteiger partial charge in [-0.05, 0) is 243 Å². The molecule has 0 saturated carbocycles. The van der Waals surface area contributed by atoms with Crippen molar-refractivity contribution in [2.75, 3.05) is 0 Å². The summed E-state index contributed by atoms with van der Waals surface area (Å²) >= 11 is 0. The van der Waals surface area contributed by atoms with Crippen molar-refractivity contribution >= 4 is 24.3 Å². The summed E-state index contributed by atoms with van der Waals surface area (Å²) in [5.41, 5.74) is 32.6. The molecule has 10 aliphatic carbocycles. The standard InChI is InChI=1S/C15H14.C15H12.C14H12.C13H10.C10H12.C9H10.C9H8.C8H8.C5H6/c2*1-3-7-14-11-15-8-4-2-6-13(15)10-9-12(14)5-1;1-2-6-12-10-14-8-4-3-7-13(14)9-11(12)5-1;1-3-7-12-10(5-1)9-11-6-2-4-8-13(11)12;1-2-6-10-8-4-3-7-9(10)5-1;2*1-2-5-9-7-3-6-8(9)4-1;1-3-7-5-2-6-8(7)4-1;1-2-4-5-3-1/h1-8H,9-11H2;1-10H,11H2;1-8H,9-10H2;1-8H,9H2;1-2,5-6H,3-4,7-8H2;1-2,4-5H,3,6-7H2;1-2,4-7H,3H2;1-3,5H,4,6H2;1-4H,5H2. The molecule has 0 saturated heterocycles. The van der Waals surface area contributed by atoms with Gasteiger partial charge in [-0.15, -0.1) is 0 Å². The molecule has 0 amide bonds. The Morgan fingerprint density at radius 2 is 0.490 bits per heavy atom. The lowest BCUT2D eigenvalue weighted by molar-refractivity contribution is 0.685. The molecule has 0 heterocycles. The minimum absolute atomic E-state index is 1.04. The van der Waals surface area contributed by atoms with E-state index in [1.54, 1.807) is 27.8 Å². The van der Waals surface area contributed by atoms with Gasteiger partial charge in [0.25, 0.3) is 0 Å². The molecule has 0 N–H and O–H groups in total. The quantitative estimate of drug-likeness (QED) is 0.142. The highest BCUT2D eigenvalue weighted by atomic mass is 14.2. The Kier molecular flexibility index (Phi) is 23.3. The molecule has 0 atom stereocenters. The van der Waals surface area contributed by atoms with E-state index >= 15 is 0 Å². The van der Waals surface area contributed by atoms with Gasteiger partial charge < -0.3 is 0 Å². The van der Waals surface area contributed by atoms with Crippen LogP contribution >= 0.6 is 0 Å². The van der Waals surface area contributed by atoms with Crippen LogP contribution in [0.2, 0.25) is 0 Å². The Morgan fingerprint density at radius 1 is 0.204 bits per heavy atom. The molecular weight excluding hydrogens is 1180 g/mol. The first-order valence-electron chi connectivity index (χ1n) is 36.1. The maximum atomic E-state index is 2.27. The summed E-state index contributed by atoms with van der Waals surface area (Å²) in [7, 11) is 0. The predicted octanol–water partition coefficient (Wildman–Crippen LogP) is 22.7. The molecular formula is C98H92. The molecule has 0 aromatic heterocycles. The second-order valence-electron chi connectivity index (χ2n) is 26.7. The van der Waals surface area contributed by atoms with Gasteiger partial charge in [-0.2, -0.15) is 0 Å². The average Bonchev–Trinajstić information content (AvgIpc) is 1.75. The third-order valence-corrected chi connectivity index (χ3v) is 20.2. The Hall–Kier alpha value is -10.4. The lowest BCUT2D eigenvalue weighted by atomic mass is 9.86. The molecule has 98 heavy (non-hydrogen) atoms. The molecule has 0 radical (unpaired) electrons. The van der Waals surface area contributed by atoms with Crippen molar-refractivity contribution in [1.29, 1.82) is 0 Å². The number of aryl methyl sites for hydroxylation is 6. The number of benzene rings is 11. The van der Waals surface area contributed by atoms with Crippen molar-refractivity contribution in [2.45, 2.75) is 116 Å². The smallest absolute Gasteiger partial charge is 0.00135 e. The van der Waals surface area contributed by atoms with Crippen LogP contribution in [-0.4, -0.2) is 0 Å². The van der Waals surface area contributed by atoms with Crippen LogP contribution < -0.4 is 10.4 Å². The van der Waals surface area contributed by atoms with E-state index in [0.717, 1.165) is 44.9 Å². The van der Waals surface area contributed by atoms with Crippen molar-refractivity contribution in [3.8, 4) is 11.1 Å².